The summed E-state index contributed by atoms with van der Waals surface area (Å²) in [5, 5.41) is 4.09. The van der Waals surface area contributed by atoms with Crippen LogP contribution in [-0.2, 0) is 4.79 Å². The van der Waals surface area contributed by atoms with Gasteiger partial charge in [-0.25, -0.2) is 5.43 Å². The van der Waals surface area contributed by atoms with Gasteiger partial charge in [0, 0.05) is 22.2 Å². The Morgan fingerprint density at radius 3 is 2.86 bits per heavy atom. The molecule has 5 nitrogen and oxygen atoms in total. The highest BCUT2D eigenvalue weighted by Crippen LogP contribution is 2.43. The SMILES string of the molecule is CCN1c2ccc(/C=N/NC(=O)COc3cccc(Br)c3)cc2[C@H](C)CC1(C)C. The molecule has 1 atom stereocenters. The van der Waals surface area contributed by atoms with Crippen molar-refractivity contribution in [2.45, 2.75) is 45.6 Å². The third-order valence-corrected chi connectivity index (χ3v) is 5.79. The summed E-state index contributed by atoms with van der Waals surface area (Å²) in [6.45, 7) is 9.97. The van der Waals surface area contributed by atoms with E-state index in [0.29, 0.717) is 11.7 Å². The standard InChI is InChI=1S/C23H28BrN3O2/c1-5-27-21-10-9-17(11-20(21)16(2)13-23(27,3)4)14-25-26-22(28)15-29-19-8-6-7-18(24)12-19/h6-12,14,16H,5,13,15H2,1-4H3,(H,26,28)/b25-14+/t16-/m1/s1. The minimum atomic E-state index is -0.300. The molecule has 0 aliphatic carbocycles. The van der Waals surface area contributed by atoms with Gasteiger partial charge in [0.05, 0.1) is 6.21 Å². The molecule has 1 aliphatic heterocycles. The smallest absolute Gasteiger partial charge is 0.277 e. The summed E-state index contributed by atoms with van der Waals surface area (Å²) in [7, 11) is 0. The number of nitrogens with one attached hydrogen (secondary N) is 1. The van der Waals surface area contributed by atoms with E-state index in [0.717, 1.165) is 23.0 Å². The number of hydrazone groups is 1. The monoisotopic (exact) mass is 457 g/mol. The highest BCUT2D eigenvalue weighted by atomic mass is 79.9. The molecule has 0 fully saturated rings. The van der Waals surface area contributed by atoms with E-state index in [4.69, 9.17) is 4.74 Å². The second-order valence-corrected chi connectivity index (χ2v) is 8.94. The van der Waals surface area contributed by atoms with Gasteiger partial charge in [0.2, 0.25) is 0 Å². The molecule has 3 rings (SSSR count). The second-order valence-electron chi connectivity index (χ2n) is 8.02. The normalized spacial score (nSPS) is 17.8. The van der Waals surface area contributed by atoms with Gasteiger partial charge in [-0.15, -0.1) is 0 Å². The fourth-order valence-corrected chi connectivity index (χ4v) is 4.48. The maximum absolute atomic E-state index is 12.0. The van der Waals surface area contributed by atoms with Crippen LogP contribution in [0.15, 0.2) is 52.0 Å². The van der Waals surface area contributed by atoms with Gasteiger partial charge < -0.3 is 9.64 Å². The summed E-state index contributed by atoms with van der Waals surface area (Å²) in [5.74, 6) is 0.807. The van der Waals surface area contributed by atoms with Crippen LogP contribution in [0, 0.1) is 0 Å². The lowest BCUT2D eigenvalue weighted by Gasteiger charge is -2.47. The average Bonchev–Trinajstić information content (AvgIpc) is 2.66. The Labute approximate surface area is 181 Å². The van der Waals surface area contributed by atoms with Crippen molar-refractivity contribution in [1.82, 2.24) is 5.43 Å². The van der Waals surface area contributed by atoms with E-state index in [9.17, 15) is 4.79 Å². The van der Waals surface area contributed by atoms with Crippen molar-refractivity contribution >= 4 is 33.7 Å². The molecule has 0 radical (unpaired) electrons. The van der Waals surface area contributed by atoms with E-state index in [1.54, 1.807) is 12.3 Å². The van der Waals surface area contributed by atoms with Crippen LogP contribution >= 0.6 is 15.9 Å². The van der Waals surface area contributed by atoms with Gasteiger partial charge in [0.25, 0.3) is 5.91 Å². The Morgan fingerprint density at radius 2 is 2.14 bits per heavy atom. The maximum atomic E-state index is 12.0. The third kappa shape index (κ3) is 5.18. The van der Waals surface area contributed by atoms with Crippen molar-refractivity contribution in [3.8, 4) is 5.75 Å². The molecule has 0 aromatic heterocycles. The number of anilines is 1. The Hall–Kier alpha value is -2.34. The van der Waals surface area contributed by atoms with Crippen LogP contribution in [0.1, 0.15) is 51.2 Å². The van der Waals surface area contributed by atoms with Crippen LogP contribution in [0.5, 0.6) is 5.75 Å². The van der Waals surface area contributed by atoms with E-state index < -0.39 is 0 Å². The molecule has 0 spiro atoms. The summed E-state index contributed by atoms with van der Waals surface area (Å²) in [6, 6.07) is 13.7. The molecule has 1 amide bonds. The van der Waals surface area contributed by atoms with Crippen LogP contribution in [0.3, 0.4) is 0 Å². The molecule has 2 aromatic carbocycles. The molecular weight excluding hydrogens is 430 g/mol. The van der Waals surface area contributed by atoms with Crippen molar-refractivity contribution in [3.05, 3.63) is 58.1 Å². The molecule has 0 saturated heterocycles. The Bertz CT molecular complexity index is 911. The molecule has 1 heterocycles. The molecule has 0 saturated carbocycles. The quantitative estimate of drug-likeness (QED) is 0.485. The van der Waals surface area contributed by atoms with Crippen molar-refractivity contribution in [3.63, 3.8) is 0 Å². The number of ether oxygens (including phenoxy) is 1. The number of carbonyl (C=O) groups is 1. The van der Waals surface area contributed by atoms with Crippen molar-refractivity contribution in [1.29, 1.82) is 0 Å². The molecule has 0 unspecified atom stereocenters. The zero-order chi connectivity index (χ0) is 21.0. The molecule has 1 aliphatic rings. The summed E-state index contributed by atoms with van der Waals surface area (Å²) >= 11 is 3.37. The first kappa shape index (κ1) is 21.4. The van der Waals surface area contributed by atoms with Gasteiger partial charge in [-0.1, -0.05) is 35.0 Å². The van der Waals surface area contributed by atoms with Crippen molar-refractivity contribution in [2.75, 3.05) is 18.1 Å². The number of benzene rings is 2. The number of nitrogens with zero attached hydrogens (tertiary/aromatic N) is 2. The van der Waals surface area contributed by atoms with Crippen LogP contribution in [0.4, 0.5) is 5.69 Å². The summed E-state index contributed by atoms with van der Waals surface area (Å²) in [6.07, 6.45) is 2.79. The average molecular weight is 458 g/mol. The first-order valence-corrected chi connectivity index (χ1v) is 10.7. The number of carbonyl (C=O) groups excluding carboxylic acids is 1. The van der Waals surface area contributed by atoms with E-state index in [-0.39, 0.29) is 18.1 Å². The molecule has 0 bridgehead atoms. The lowest BCUT2D eigenvalue weighted by atomic mass is 9.79. The van der Waals surface area contributed by atoms with E-state index in [2.05, 4.69) is 71.2 Å². The molecule has 154 valence electrons. The second kappa shape index (κ2) is 8.99. The molecular formula is C23H28BrN3O2. The molecule has 29 heavy (non-hydrogen) atoms. The van der Waals surface area contributed by atoms with Crippen LogP contribution in [-0.4, -0.2) is 30.8 Å². The third-order valence-electron chi connectivity index (χ3n) is 5.29. The summed E-state index contributed by atoms with van der Waals surface area (Å²) < 4.78 is 6.36. The van der Waals surface area contributed by atoms with Gasteiger partial charge >= 0.3 is 0 Å². The number of amides is 1. The minimum Gasteiger partial charge on any atom is -0.484 e. The number of halogens is 1. The van der Waals surface area contributed by atoms with Gasteiger partial charge in [0.15, 0.2) is 6.61 Å². The highest BCUT2D eigenvalue weighted by molar-refractivity contribution is 9.10. The highest BCUT2D eigenvalue weighted by Gasteiger charge is 2.35. The largest absolute Gasteiger partial charge is 0.484 e. The number of rotatable bonds is 6. The van der Waals surface area contributed by atoms with Crippen LogP contribution < -0.4 is 15.1 Å². The number of fused-ring (bicyclic) bond motifs is 1. The first-order valence-electron chi connectivity index (χ1n) is 9.92. The van der Waals surface area contributed by atoms with Crippen LogP contribution in [0.25, 0.3) is 0 Å². The number of hydrogen-bond donors (Lipinski definition) is 1. The van der Waals surface area contributed by atoms with Gasteiger partial charge in [-0.3, -0.25) is 4.79 Å². The predicted molar refractivity (Wildman–Crippen MR) is 122 cm³/mol. The van der Waals surface area contributed by atoms with Crippen molar-refractivity contribution in [2.24, 2.45) is 5.10 Å². The lowest BCUT2D eigenvalue weighted by Crippen LogP contribution is -2.48. The Balaban J connectivity index is 1.61. The van der Waals surface area contributed by atoms with Gasteiger partial charge in [-0.2, -0.15) is 5.10 Å². The fraction of sp³-hybridized carbons (Fsp3) is 0.391. The van der Waals surface area contributed by atoms with Crippen molar-refractivity contribution < 1.29 is 9.53 Å². The van der Waals surface area contributed by atoms with E-state index >= 15 is 0 Å². The lowest BCUT2D eigenvalue weighted by molar-refractivity contribution is -0.123. The fourth-order valence-electron chi connectivity index (χ4n) is 4.10. The Morgan fingerprint density at radius 1 is 1.34 bits per heavy atom. The minimum absolute atomic E-state index is 0.0877. The Kier molecular flexibility index (Phi) is 6.63. The summed E-state index contributed by atoms with van der Waals surface area (Å²) in [4.78, 5) is 14.4. The van der Waals surface area contributed by atoms with E-state index in [1.807, 2.05) is 24.3 Å². The zero-order valence-corrected chi connectivity index (χ0v) is 19.0. The molecule has 1 N–H and O–H groups in total. The van der Waals surface area contributed by atoms with Gasteiger partial charge in [0.1, 0.15) is 5.75 Å². The van der Waals surface area contributed by atoms with Crippen LogP contribution in [0.2, 0.25) is 0 Å². The van der Waals surface area contributed by atoms with E-state index in [1.165, 1.54) is 11.3 Å². The molecule has 2 aromatic rings. The topological polar surface area (TPSA) is 53.9 Å². The first-order chi connectivity index (χ1) is 13.8. The predicted octanol–water partition coefficient (Wildman–Crippen LogP) is 5.09. The maximum Gasteiger partial charge on any atom is 0.277 e. The molecule has 6 heteroatoms. The zero-order valence-electron chi connectivity index (χ0n) is 17.4. The summed E-state index contributed by atoms with van der Waals surface area (Å²) in [5.41, 5.74) is 6.27. The number of hydrogen-bond acceptors (Lipinski definition) is 4. The van der Waals surface area contributed by atoms with Gasteiger partial charge in [-0.05, 0) is 74.6 Å².